The number of benzene rings is 4. The number of amides is 2. The minimum absolute atomic E-state index is 0.389. The summed E-state index contributed by atoms with van der Waals surface area (Å²) in [5.74, 6) is 0.840. The van der Waals surface area contributed by atoms with Crippen LogP contribution in [0.3, 0.4) is 0 Å². The number of hydrogen-bond acceptors (Lipinski definition) is 3. The Morgan fingerprint density at radius 1 is 0.939 bits per heavy atom. The Kier molecular flexibility index (Phi) is 7.81. The van der Waals surface area contributed by atoms with Crippen molar-refractivity contribution in [3.63, 3.8) is 0 Å². The van der Waals surface area contributed by atoms with Gasteiger partial charge in [0.2, 0.25) is 0 Å². The molecule has 2 N–H and O–H groups in total. The molecule has 4 rings (SSSR count). The zero-order valence-corrected chi connectivity index (χ0v) is 22.1. The van der Waals surface area contributed by atoms with Crippen LogP contribution in [0.2, 0.25) is 0 Å². The standard InChI is InChI=1S/C26H21I2N3O2/c1-17-6-2-5-9-24(17)30-26(32)31-29-15-19-13-22(27)25(23(28)14-19)33-16-18-10-11-20-7-3-4-8-21(20)12-18/h2-15H,16H2,1H3,(H2,30,31,32). The fourth-order valence-corrected chi connectivity index (χ4v) is 5.43. The quantitative estimate of drug-likeness (QED) is 0.132. The summed E-state index contributed by atoms with van der Waals surface area (Å²) in [4.78, 5) is 12.1. The van der Waals surface area contributed by atoms with Gasteiger partial charge in [-0.2, -0.15) is 5.10 Å². The van der Waals surface area contributed by atoms with Crippen LogP contribution in [0, 0.1) is 14.1 Å². The molecule has 33 heavy (non-hydrogen) atoms. The van der Waals surface area contributed by atoms with E-state index in [-0.39, 0.29) is 6.03 Å². The Hall–Kier alpha value is -2.66. The number of nitrogens with one attached hydrogen (secondary N) is 2. The molecule has 7 heteroatoms. The topological polar surface area (TPSA) is 62.7 Å². The van der Waals surface area contributed by atoms with Crippen LogP contribution in [0.25, 0.3) is 10.8 Å². The summed E-state index contributed by atoms with van der Waals surface area (Å²) in [6, 6.07) is 25.8. The summed E-state index contributed by atoms with van der Waals surface area (Å²) >= 11 is 4.52. The second-order valence-corrected chi connectivity index (χ2v) is 9.75. The maximum Gasteiger partial charge on any atom is 0.339 e. The van der Waals surface area contributed by atoms with E-state index in [9.17, 15) is 4.79 Å². The van der Waals surface area contributed by atoms with E-state index in [1.807, 2.05) is 55.5 Å². The lowest BCUT2D eigenvalue weighted by Gasteiger charge is -2.12. The number of hydrazone groups is 1. The van der Waals surface area contributed by atoms with E-state index in [4.69, 9.17) is 4.74 Å². The van der Waals surface area contributed by atoms with Crippen molar-refractivity contribution in [2.45, 2.75) is 13.5 Å². The molecule has 4 aromatic carbocycles. The Labute approximate surface area is 219 Å². The molecule has 0 aliphatic heterocycles. The van der Waals surface area contributed by atoms with Crippen LogP contribution in [0.1, 0.15) is 16.7 Å². The van der Waals surface area contributed by atoms with Crippen LogP contribution in [0.15, 0.2) is 84.0 Å². The molecule has 0 bridgehead atoms. The van der Waals surface area contributed by atoms with E-state index in [0.717, 1.165) is 35.3 Å². The normalized spacial score (nSPS) is 11.0. The van der Waals surface area contributed by atoms with Crippen LogP contribution >= 0.6 is 45.2 Å². The van der Waals surface area contributed by atoms with Gasteiger partial charge in [0.25, 0.3) is 0 Å². The van der Waals surface area contributed by atoms with Gasteiger partial charge in [-0.25, -0.2) is 10.2 Å². The molecule has 0 atom stereocenters. The lowest BCUT2D eigenvalue weighted by atomic mass is 10.1. The molecule has 5 nitrogen and oxygen atoms in total. The van der Waals surface area contributed by atoms with Gasteiger partial charge in [0.1, 0.15) is 12.4 Å². The SMILES string of the molecule is Cc1ccccc1NC(=O)NN=Cc1cc(I)c(OCc2ccc3ccccc3c2)c(I)c1. The van der Waals surface area contributed by atoms with E-state index >= 15 is 0 Å². The number of hydrogen-bond donors (Lipinski definition) is 2. The molecule has 0 saturated heterocycles. The second-order valence-electron chi connectivity index (χ2n) is 7.42. The number of nitrogens with zero attached hydrogens (tertiary/aromatic N) is 1. The van der Waals surface area contributed by atoms with Gasteiger partial charge in [-0.15, -0.1) is 0 Å². The Morgan fingerprint density at radius 3 is 2.39 bits per heavy atom. The third-order valence-electron chi connectivity index (χ3n) is 4.99. The lowest BCUT2D eigenvalue weighted by Crippen LogP contribution is -2.24. The maximum absolute atomic E-state index is 12.1. The molecule has 4 aromatic rings. The summed E-state index contributed by atoms with van der Waals surface area (Å²) in [6.45, 7) is 2.43. The molecular weight excluding hydrogens is 640 g/mol. The number of anilines is 1. The minimum atomic E-state index is -0.389. The summed E-state index contributed by atoms with van der Waals surface area (Å²) in [5, 5.41) is 9.27. The second kappa shape index (κ2) is 11.0. The van der Waals surface area contributed by atoms with Crippen molar-refractivity contribution in [2.75, 3.05) is 5.32 Å². The van der Waals surface area contributed by atoms with Crippen molar-refractivity contribution in [1.82, 2.24) is 5.43 Å². The Morgan fingerprint density at radius 2 is 1.64 bits per heavy atom. The minimum Gasteiger partial charge on any atom is -0.487 e. The smallest absolute Gasteiger partial charge is 0.339 e. The van der Waals surface area contributed by atoms with Crippen LogP contribution in [0.5, 0.6) is 5.75 Å². The number of ether oxygens (including phenoxy) is 1. The summed E-state index contributed by atoms with van der Waals surface area (Å²) in [7, 11) is 0. The summed E-state index contributed by atoms with van der Waals surface area (Å²) in [5.41, 5.74) is 6.24. The molecule has 0 radical (unpaired) electrons. The first kappa shape index (κ1) is 23.5. The highest BCUT2D eigenvalue weighted by Gasteiger charge is 2.09. The molecule has 0 spiro atoms. The van der Waals surface area contributed by atoms with Gasteiger partial charge < -0.3 is 10.1 Å². The average molecular weight is 661 g/mol. The average Bonchev–Trinajstić information content (AvgIpc) is 2.80. The molecule has 0 saturated carbocycles. The first-order chi connectivity index (χ1) is 16.0. The zero-order chi connectivity index (χ0) is 23.2. The van der Waals surface area contributed by atoms with Gasteiger partial charge in [-0.05, 0) is 104 Å². The molecule has 0 unspecified atom stereocenters. The van der Waals surface area contributed by atoms with E-state index in [2.05, 4.69) is 91.4 Å². The fraction of sp³-hybridized carbons (Fsp3) is 0.0769. The first-order valence-electron chi connectivity index (χ1n) is 10.2. The number of carbonyl (C=O) groups is 1. The van der Waals surface area contributed by atoms with E-state index in [1.165, 1.54) is 10.8 Å². The number of halogens is 2. The van der Waals surface area contributed by atoms with Crippen LogP contribution < -0.4 is 15.5 Å². The van der Waals surface area contributed by atoms with E-state index in [0.29, 0.717) is 6.61 Å². The highest BCUT2D eigenvalue weighted by Crippen LogP contribution is 2.29. The fourth-order valence-electron chi connectivity index (χ4n) is 3.30. The molecule has 0 aliphatic carbocycles. The Balaban J connectivity index is 1.38. The molecule has 0 aromatic heterocycles. The maximum atomic E-state index is 12.1. The van der Waals surface area contributed by atoms with Crippen molar-refractivity contribution < 1.29 is 9.53 Å². The molecular formula is C26H21I2N3O2. The monoisotopic (exact) mass is 661 g/mol. The van der Waals surface area contributed by atoms with E-state index in [1.54, 1.807) is 6.21 Å². The number of carbonyl (C=O) groups excluding carboxylic acids is 1. The first-order valence-corrected chi connectivity index (χ1v) is 12.4. The van der Waals surface area contributed by atoms with Gasteiger partial charge in [0.15, 0.2) is 0 Å². The molecule has 2 amide bonds. The van der Waals surface area contributed by atoms with Crippen LogP contribution in [-0.2, 0) is 6.61 Å². The van der Waals surface area contributed by atoms with Gasteiger partial charge in [0, 0.05) is 5.69 Å². The third-order valence-corrected chi connectivity index (χ3v) is 6.59. The molecule has 0 aliphatic rings. The highest BCUT2D eigenvalue weighted by molar-refractivity contribution is 14.1. The predicted molar refractivity (Wildman–Crippen MR) is 151 cm³/mol. The number of para-hydroxylation sites is 1. The number of fused-ring (bicyclic) bond motifs is 1. The Bertz CT molecular complexity index is 1320. The van der Waals surface area contributed by atoms with Crippen molar-refractivity contribution in [2.24, 2.45) is 5.10 Å². The summed E-state index contributed by atoms with van der Waals surface area (Å²) in [6.07, 6.45) is 1.62. The van der Waals surface area contributed by atoms with Crippen molar-refractivity contribution in [3.05, 3.63) is 103 Å². The number of aryl methyl sites for hydroxylation is 1. The van der Waals surface area contributed by atoms with Gasteiger partial charge >= 0.3 is 6.03 Å². The molecule has 0 heterocycles. The number of urea groups is 1. The third kappa shape index (κ3) is 6.23. The molecule has 166 valence electrons. The van der Waals surface area contributed by atoms with Crippen molar-refractivity contribution in [3.8, 4) is 5.75 Å². The van der Waals surface area contributed by atoms with Crippen LogP contribution in [0.4, 0.5) is 10.5 Å². The lowest BCUT2D eigenvalue weighted by molar-refractivity contribution is 0.252. The molecule has 0 fully saturated rings. The van der Waals surface area contributed by atoms with Crippen molar-refractivity contribution in [1.29, 1.82) is 0 Å². The van der Waals surface area contributed by atoms with Gasteiger partial charge in [0.05, 0.1) is 13.4 Å². The largest absolute Gasteiger partial charge is 0.487 e. The van der Waals surface area contributed by atoms with Crippen molar-refractivity contribution >= 4 is 73.9 Å². The van der Waals surface area contributed by atoms with Gasteiger partial charge in [-0.1, -0.05) is 54.6 Å². The van der Waals surface area contributed by atoms with Gasteiger partial charge in [-0.3, -0.25) is 0 Å². The highest BCUT2D eigenvalue weighted by atomic mass is 127. The number of rotatable bonds is 6. The summed E-state index contributed by atoms with van der Waals surface area (Å²) < 4.78 is 8.09. The van der Waals surface area contributed by atoms with E-state index < -0.39 is 0 Å². The predicted octanol–water partition coefficient (Wildman–Crippen LogP) is 7.09. The van der Waals surface area contributed by atoms with Crippen LogP contribution in [-0.4, -0.2) is 12.2 Å². The zero-order valence-electron chi connectivity index (χ0n) is 17.8.